The molecule has 12 heteroatoms. The smallest absolute Gasteiger partial charge is 0.410 e. The Bertz CT molecular complexity index is 1320. The van der Waals surface area contributed by atoms with Crippen molar-refractivity contribution < 1.29 is 22.7 Å². The minimum Gasteiger partial charge on any atom is -0.480 e. The van der Waals surface area contributed by atoms with E-state index in [1.807, 2.05) is 45.0 Å². The van der Waals surface area contributed by atoms with Crippen molar-refractivity contribution >= 4 is 43.3 Å². The number of carbonyl (C=O) groups excluding carboxylic acids is 1. The summed E-state index contributed by atoms with van der Waals surface area (Å²) in [5.74, 6) is 0.411. The van der Waals surface area contributed by atoms with Crippen molar-refractivity contribution in [1.29, 1.82) is 0 Å². The monoisotopic (exact) mass is 519 g/mol. The molecular formula is C23H29N5O5S2. The number of likely N-dealkylation sites (tertiary alicyclic amines) is 1. The summed E-state index contributed by atoms with van der Waals surface area (Å²) in [5.41, 5.74) is 0.693. The van der Waals surface area contributed by atoms with Gasteiger partial charge in [0.2, 0.25) is 15.7 Å². The number of piperidine rings is 1. The molecule has 2 aromatic heterocycles. The summed E-state index contributed by atoms with van der Waals surface area (Å²) in [6, 6.07) is 7.51. The molecule has 1 atom stereocenters. The first kappa shape index (κ1) is 25.1. The van der Waals surface area contributed by atoms with Crippen LogP contribution >= 0.6 is 11.3 Å². The number of nitrogens with one attached hydrogen (secondary N) is 1. The summed E-state index contributed by atoms with van der Waals surface area (Å²) < 4.78 is 36.6. The quantitative estimate of drug-likeness (QED) is 0.499. The van der Waals surface area contributed by atoms with Crippen LogP contribution < -0.4 is 10.1 Å². The van der Waals surface area contributed by atoms with E-state index in [2.05, 4.69) is 15.3 Å². The normalized spacial score (nSPS) is 16.8. The molecule has 1 N–H and O–H groups in total. The summed E-state index contributed by atoms with van der Waals surface area (Å²) in [5, 5.41) is 3.61. The highest BCUT2D eigenvalue weighted by atomic mass is 32.2. The van der Waals surface area contributed by atoms with Crippen LogP contribution in [0, 0.1) is 0 Å². The van der Waals surface area contributed by atoms with E-state index in [0.29, 0.717) is 29.5 Å². The van der Waals surface area contributed by atoms with Crippen LogP contribution in [0.2, 0.25) is 0 Å². The summed E-state index contributed by atoms with van der Waals surface area (Å²) in [7, 11) is -2.28. The van der Waals surface area contributed by atoms with E-state index < -0.39 is 15.4 Å². The van der Waals surface area contributed by atoms with Crippen molar-refractivity contribution in [3.05, 3.63) is 24.3 Å². The fraction of sp³-hybridized carbons (Fsp3) is 0.478. The lowest BCUT2D eigenvalue weighted by Gasteiger charge is -2.34. The van der Waals surface area contributed by atoms with Gasteiger partial charge in [0.25, 0.3) is 5.16 Å². The van der Waals surface area contributed by atoms with Crippen molar-refractivity contribution in [3.8, 4) is 16.5 Å². The Balaban J connectivity index is 1.73. The number of thiazole rings is 1. The number of nitrogens with zero attached hydrogens (tertiary/aromatic N) is 4. The van der Waals surface area contributed by atoms with Gasteiger partial charge in [-0.3, -0.25) is 0 Å². The van der Waals surface area contributed by atoms with Gasteiger partial charge >= 0.3 is 6.09 Å². The average Bonchev–Trinajstić information content (AvgIpc) is 3.20. The predicted molar refractivity (Wildman–Crippen MR) is 135 cm³/mol. The van der Waals surface area contributed by atoms with Crippen molar-refractivity contribution in [3.63, 3.8) is 0 Å². The number of hydrogen-bond donors (Lipinski definition) is 1. The zero-order valence-electron chi connectivity index (χ0n) is 20.4. The van der Waals surface area contributed by atoms with Crippen molar-refractivity contribution in [2.24, 2.45) is 0 Å². The number of anilines is 1. The van der Waals surface area contributed by atoms with E-state index in [0.717, 1.165) is 29.3 Å². The predicted octanol–water partition coefficient (Wildman–Crippen LogP) is 3.98. The molecule has 1 aromatic carbocycles. The number of fused-ring (bicyclic) bond motifs is 1. The first-order valence-electron chi connectivity index (χ1n) is 11.2. The summed E-state index contributed by atoms with van der Waals surface area (Å²) in [6.45, 7) is 6.45. The number of ether oxygens (including phenoxy) is 2. The fourth-order valence-corrected chi connectivity index (χ4v) is 5.30. The number of hydrogen-bond acceptors (Lipinski definition) is 10. The van der Waals surface area contributed by atoms with Gasteiger partial charge < -0.3 is 19.7 Å². The number of rotatable bonds is 5. The van der Waals surface area contributed by atoms with Gasteiger partial charge in [-0.2, -0.15) is 4.98 Å². The second-order valence-electron chi connectivity index (χ2n) is 9.41. The first-order chi connectivity index (χ1) is 16.4. The second-order valence-corrected chi connectivity index (χ2v) is 12.3. The lowest BCUT2D eigenvalue weighted by Crippen LogP contribution is -2.47. The van der Waals surface area contributed by atoms with Crippen molar-refractivity contribution in [2.45, 2.75) is 50.4 Å². The Morgan fingerprint density at radius 2 is 1.94 bits per heavy atom. The van der Waals surface area contributed by atoms with Crippen molar-refractivity contribution in [2.75, 3.05) is 31.8 Å². The molecule has 1 aliphatic rings. The fourth-order valence-electron chi connectivity index (χ4n) is 3.79. The van der Waals surface area contributed by atoms with Crippen LogP contribution in [0.15, 0.2) is 29.4 Å². The zero-order chi connectivity index (χ0) is 25.4. The Morgan fingerprint density at radius 3 is 2.60 bits per heavy atom. The molecule has 35 heavy (non-hydrogen) atoms. The van der Waals surface area contributed by atoms with E-state index in [1.54, 1.807) is 4.90 Å². The summed E-state index contributed by atoms with van der Waals surface area (Å²) >= 11 is 1.44. The molecule has 0 saturated carbocycles. The molecule has 0 bridgehead atoms. The number of aromatic nitrogens is 3. The summed E-state index contributed by atoms with van der Waals surface area (Å²) in [4.78, 5) is 27.5. The lowest BCUT2D eigenvalue weighted by molar-refractivity contribution is 0.0206. The van der Waals surface area contributed by atoms with Gasteiger partial charge in [-0.05, 0) is 45.7 Å². The highest BCUT2D eigenvalue weighted by Gasteiger charge is 2.30. The second kappa shape index (κ2) is 9.57. The first-order valence-corrected chi connectivity index (χ1v) is 13.9. The van der Waals surface area contributed by atoms with Crippen LogP contribution in [0.5, 0.6) is 5.88 Å². The molecule has 3 heterocycles. The molecule has 1 amide bonds. The molecule has 3 aromatic rings. The number of carbonyl (C=O) groups is 1. The minimum atomic E-state index is -3.71. The Kier molecular flexibility index (Phi) is 6.87. The average molecular weight is 520 g/mol. The van der Waals surface area contributed by atoms with Gasteiger partial charge in [0, 0.05) is 25.4 Å². The Morgan fingerprint density at radius 1 is 1.20 bits per heavy atom. The van der Waals surface area contributed by atoms with Crippen LogP contribution in [0.4, 0.5) is 10.6 Å². The molecule has 1 unspecified atom stereocenters. The van der Waals surface area contributed by atoms with E-state index in [9.17, 15) is 13.2 Å². The van der Waals surface area contributed by atoms with E-state index in [4.69, 9.17) is 14.5 Å². The molecule has 0 spiro atoms. The number of sulfone groups is 1. The minimum absolute atomic E-state index is 0.113. The SMILES string of the molecule is COc1nc(S(C)(=O)=O)nc(NC2CCCN(C(=O)OC(C)(C)C)C2)c1-c1nc2ccccc2s1. The molecule has 10 nitrogen and oxygen atoms in total. The number of para-hydroxylation sites is 1. The lowest BCUT2D eigenvalue weighted by atomic mass is 10.1. The molecule has 4 rings (SSSR count). The molecule has 1 saturated heterocycles. The van der Waals surface area contributed by atoms with E-state index in [-0.39, 0.29) is 23.2 Å². The van der Waals surface area contributed by atoms with Crippen LogP contribution in [-0.4, -0.2) is 72.5 Å². The van der Waals surface area contributed by atoms with Crippen LogP contribution in [0.25, 0.3) is 20.8 Å². The molecular weight excluding hydrogens is 490 g/mol. The van der Waals surface area contributed by atoms with Crippen LogP contribution in [0.3, 0.4) is 0 Å². The van der Waals surface area contributed by atoms with Gasteiger partial charge in [0.05, 0.1) is 17.3 Å². The Hall–Kier alpha value is -2.99. The number of methoxy groups -OCH3 is 1. The topological polar surface area (TPSA) is 124 Å². The van der Waals surface area contributed by atoms with Crippen LogP contribution in [0.1, 0.15) is 33.6 Å². The molecule has 0 aliphatic carbocycles. The third-order valence-electron chi connectivity index (χ3n) is 5.30. The zero-order valence-corrected chi connectivity index (χ0v) is 22.0. The standard InChI is InChI=1S/C23H29N5O5S2/c1-23(2,3)33-22(29)28-12-8-9-14(13-28)24-18-17(19(32-4)27-21(26-18)35(5,30)31)20-25-15-10-6-7-11-16(15)34-20/h6-7,10-11,14H,8-9,12-13H2,1-5H3,(H,24,26,27). The molecule has 1 fully saturated rings. The van der Waals surface area contributed by atoms with Gasteiger partial charge in [0.15, 0.2) is 0 Å². The van der Waals surface area contributed by atoms with Crippen LogP contribution in [-0.2, 0) is 14.6 Å². The van der Waals surface area contributed by atoms with Gasteiger partial charge in [-0.1, -0.05) is 12.1 Å². The maximum atomic E-state index is 12.6. The number of benzene rings is 1. The van der Waals surface area contributed by atoms with Gasteiger partial charge in [0.1, 0.15) is 22.0 Å². The van der Waals surface area contributed by atoms with Gasteiger partial charge in [-0.25, -0.2) is 23.2 Å². The highest BCUT2D eigenvalue weighted by Crippen LogP contribution is 2.40. The maximum Gasteiger partial charge on any atom is 0.410 e. The Labute approximate surface area is 208 Å². The van der Waals surface area contributed by atoms with Gasteiger partial charge in [-0.15, -0.1) is 11.3 Å². The van der Waals surface area contributed by atoms with E-state index in [1.165, 1.54) is 18.4 Å². The highest BCUT2D eigenvalue weighted by molar-refractivity contribution is 7.90. The van der Waals surface area contributed by atoms with E-state index >= 15 is 0 Å². The third-order valence-corrected chi connectivity index (χ3v) is 7.20. The van der Waals surface area contributed by atoms with Crippen molar-refractivity contribution in [1.82, 2.24) is 19.9 Å². The molecule has 0 radical (unpaired) electrons. The largest absolute Gasteiger partial charge is 0.480 e. The summed E-state index contributed by atoms with van der Waals surface area (Å²) in [6.07, 6.45) is 2.19. The number of amides is 1. The maximum absolute atomic E-state index is 12.6. The third kappa shape index (κ3) is 5.81. The molecule has 188 valence electrons. The molecule has 1 aliphatic heterocycles.